The fourth-order valence-electron chi connectivity index (χ4n) is 1.81. The normalized spacial score (nSPS) is 15.0. The van der Waals surface area contributed by atoms with Crippen molar-refractivity contribution in [1.82, 2.24) is 10.5 Å². The molecule has 0 fully saturated rings. The molecule has 0 aliphatic carbocycles. The summed E-state index contributed by atoms with van der Waals surface area (Å²) in [7, 11) is -3.46. The van der Waals surface area contributed by atoms with Gasteiger partial charge in [-0.15, -0.1) is 4.94 Å². The molecule has 0 aromatic heterocycles. The van der Waals surface area contributed by atoms with E-state index < -0.39 is 15.8 Å². The van der Waals surface area contributed by atoms with E-state index in [1.165, 1.54) is 29.5 Å². The Kier molecular flexibility index (Phi) is 5.81. The number of sulfonamides is 1. The van der Waals surface area contributed by atoms with E-state index in [0.717, 1.165) is 0 Å². The fourth-order valence-corrected chi connectivity index (χ4v) is 2.79. The number of nitrogens with one attached hydrogen (secondary N) is 1. The standard InChI is InChI=1S/C12H16BrFN4O4S/c13-10-7-9(3-4-11(10)14)17-8-12(18(19)22-17)16-5-1-2-6-23(15,20)21/h3-4,7-8,16,19H,1-2,5-6H2,(H2,15,20,21). The molecule has 0 radical (unpaired) electrons. The number of primary sulfonamides is 1. The summed E-state index contributed by atoms with van der Waals surface area (Å²) in [5, 5.41) is 19.2. The van der Waals surface area contributed by atoms with Gasteiger partial charge in [0.25, 0.3) is 0 Å². The highest BCUT2D eigenvalue weighted by Crippen LogP contribution is 2.27. The number of nitrogens with zero attached hydrogens (tertiary/aromatic N) is 2. The van der Waals surface area contributed by atoms with Crippen molar-refractivity contribution in [3.8, 4) is 0 Å². The minimum absolute atomic E-state index is 0.0944. The number of hydrogen-bond donors (Lipinski definition) is 3. The molecule has 1 aromatic carbocycles. The van der Waals surface area contributed by atoms with Crippen LogP contribution in [0.25, 0.3) is 0 Å². The van der Waals surface area contributed by atoms with E-state index in [-0.39, 0.29) is 16.0 Å². The second kappa shape index (κ2) is 7.45. The molecule has 128 valence electrons. The van der Waals surface area contributed by atoms with Crippen LogP contribution < -0.4 is 15.5 Å². The molecule has 1 aliphatic heterocycles. The molecule has 0 bridgehead atoms. The number of hydroxylamine groups is 3. The van der Waals surface area contributed by atoms with Gasteiger partial charge in [-0.25, -0.2) is 17.9 Å². The van der Waals surface area contributed by atoms with Crippen molar-refractivity contribution in [2.24, 2.45) is 5.14 Å². The number of rotatable bonds is 7. The molecule has 2 rings (SSSR count). The number of benzene rings is 1. The monoisotopic (exact) mass is 410 g/mol. The second-order valence-corrected chi connectivity index (χ2v) is 7.38. The first-order valence-corrected chi connectivity index (χ1v) is 9.14. The largest absolute Gasteiger partial charge is 0.367 e. The van der Waals surface area contributed by atoms with Gasteiger partial charge in [-0.3, -0.25) is 5.21 Å². The Hall–Kier alpha value is -1.40. The third-order valence-corrected chi connectivity index (χ3v) is 4.40. The molecule has 0 saturated carbocycles. The number of nitrogens with two attached hydrogens (primary N) is 1. The maximum atomic E-state index is 13.2. The molecule has 1 heterocycles. The van der Waals surface area contributed by atoms with Gasteiger partial charge in [-0.2, -0.15) is 5.06 Å². The first-order valence-electron chi connectivity index (χ1n) is 6.64. The minimum atomic E-state index is -3.46. The van der Waals surface area contributed by atoms with E-state index >= 15 is 0 Å². The van der Waals surface area contributed by atoms with E-state index in [4.69, 9.17) is 10.1 Å². The molecule has 23 heavy (non-hydrogen) atoms. The molecule has 0 amide bonds. The van der Waals surface area contributed by atoms with E-state index in [1.807, 2.05) is 0 Å². The van der Waals surface area contributed by atoms with Gasteiger partial charge < -0.3 is 5.32 Å². The van der Waals surface area contributed by atoms with Crippen molar-refractivity contribution in [3.63, 3.8) is 0 Å². The van der Waals surface area contributed by atoms with E-state index in [2.05, 4.69) is 21.2 Å². The van der Waals surface area contributed by atoms with Crippen LogP contribution in [0.1, 0.15) is 12.8 Å². The lowest BCUT2D eigenvalue weighted by atomic mass is 10.3. The van der Waals surface area contributed by atoms with Crippen LogP contribution in [0.4, 0.5) is 10.1 Å². The molecule has 0 spiro atoms. The van der Waals surface area contributed by atoms with Crippen molar-refractivity contribution in [1.29, 1.82) is 0 Å². The van der Waals surface area contributed by atoms with Gasteiger partial charge in [0.05, 0.1) is 22.1 Å². The Balaban J connectivity index is 1.88. The van der Waals surface area contributed by atoms with Crippen LogP contribution in [0, 0.1) is 5.82 Å². The van der Waals surface area contributed by atoms with Gasteiger partial charge in [0.2, 0.25) is 10.0 Å². The quantitative estimate of drug-likeness (QED) is 0.582. The van der Waals surface area contributed by atoms with Crippen LogP contribution in [0.2, 0.25) is 0 Å². The average molecular weight is 411 g/mol. The Morgan fingerprint density at radius 2 is 2.13 bits per heavy atom. The molecule has 0 atom stereocenters. The maximum absolute atomic E-state index is 13.2. The first kappa shape index (κ1) is 17.9. The lowest BCUT2D eigenvalue weighted by molar-refractivity contribution is -0.306. The van der Waals surface area contributed by atoms with Crippen LogP contribution >= 0.6 is 15.9 Å². The van der Waals surface area contributed by atoms with E-state index in [9.17, 15) is 18.0 Å². The summed E-state index contributed by atoms with van der Waals surface area (Å²) in [4.78, 5) is 5.07. The highest BCUT2D eigenvalue weighted by Gasteiger charge is 2.23. The van der Waals surface area contributed by atoms with Crippen molar-refractivity contribution in [2.75, 3.05) is 17.4 Å². The lowest BCUT2D eigenvalue weighted by Gasteiger charge is -2.16. The Morgan fingerprint density at radius 1 is 1.39 bits per heavy atom. The van der Waals surface area contributed by atoms with E-state index in [0.29, 0.717) is 30.3 Å². The van der Waals surface area contributed by atoms with Crippen molar-refractivity contribution in [3.05, 3.63) is 40.5 Å². The van der Waals surface area contributed by atoms with Gasteiger partial charge in [0.15, 0.2) is 5.82 Å². The number of unbranched alkanes of at least 4 members (excludes halogenated alkanes) is 1. The van der Waals surface area contributed by atoms with Crippen LogP contribution in [0.3, 0.4) is 0 Å². The van der Waals surface area contributed by atoms with Crippen LogP contribution in [-0.4, -0.2) is 31.1 Å². The molecular weight excluding hydrogens is 395 g/mol. The SMILES string of the molecule is NS(=O)(=O)CCCCNC1=CN(c2ccc(F)c(Br)c2)ON1O. The molecule has 1 aliphatic rings. The summed E-state index contributed by atoms with van der Waals surface area (Å²) >= 11 is 3.07. The van der Waals surface area contributed by atoms with Gasteiger partial charge in [-0.05, 0) is 47.0 Å². The summed E-state index contributed by atoms with van der Waals surface area (Å²) in [6, 6.07) is 4.24. The molecule has 0 unspecified atom stereocenters. The smallest absolute Gasteiger partial charge is 0.209 e. The van der Waals surface area contributed by atoms with Crippen molar-refractivity contribution in [2.45, 2.75) is 12.8 Å². The van der Waals surface area contributed by atoms with Crippen LogP contribution in [0.5, 0.6) is 0 Å². The zero-order valence-electron chi connectivity index (χ0n) is 11.9. The molecule has 1 aromatic rings. The van der Waals surface area contributed by atoms with Crippen molar-refractivity contribution < 1.29 is 23.0 Å². The van der Waals surface area contributed by atoms with Gasteiger partial charge >= 0.3 is 0 Å². The summed E-state index contributed by atoms with van der Waals surface area (Å²) < 4.78 is 35.1. The number of hydrogen-bond acceptors (Lipinski definition) is 7. The Labute approximate surface area is 141 Å². The zero-order chi connectivity index (χ0) is 17.0. The Bertz CT molecular complexity index is 700. The molecular formula is C12H16BrFN4O4S. The predicted molar refractivity (Wildman–Crippen MR) is 84.6 cm³/mol. The van der Waals surface area contributed by atoms with Gasteiger partial charge in [0.1, 0.15) is 5.82 Å². The first-order chi connectivity index (χ1) is 10.8. The molecule has 8 nitrogen and oxygen atoms in total. The van der Waals surface area contributed by atoms with Crippen molar-refractivity contribution >= 4 is 31.6 Å². The average Bonchev–Trinajstić information content (AvgIpc) is 2.82. The minimum Gasteiger partial charge on any atom is -0.367 e. The molecule has 4 N–H and O–H groups in total. The topological polar surface area (TPSA) is 108 Å². The summed E-state index contributed by atoms with van der Waals surface area (Å²) in [6.45, 7) is 0.419. The third-order valence-electron chi connectivity index (χ3n) is 2.93. The van der Waals surface area contributed by atoms with E-state index in [1.54, 1.807) is 0 Å². The molecule has 0 saturated heterocycles. The summed E-state index contributed by atoms with van der Waals surface area (Å²) in [5.74, 6) is -0.241. The fraction of sp³-hybridized carbons (Fsp3) is 0.333. The zero-order valence-corrected chi connectivity index (χ0v) is 14.3. The third kappa shape index (κ3) is 5.32. The Morgan fingerprint density at radius 3 is 2.78 bits per heavy atom. The van der Waals surface area contributed by atoms with Gasteiger partial charge in [0, 0.05) is 6.54 Å². The summed E-state index contributed by atoms with van der Waals surface area (Å²) in [6.07, 6.45) is 2.42. The number of anilines is 1. The highest BCUT2D eigenvalue weighted by atomic mass is 79.9. The summed E-state index contributed by atoms with van der Waals surface area (Å²) in [5.41, 5.74) is 0.503. The maximum Gasteiger partial charge on any atom is 0.209 e. The lowest BCUT2D eigenvalue weighted by Crippen LogP contribution is -2.27. The predicted octanol–water partition coefficient (Wildman–Crippen LogP) is 1.40. The van der Waals surface area contributed by atoms with Gasteiger partial charge in [-0.1, -0.05) is 5.23 Å². The van der Waals surface area contributed by atoms with Crippen LogP contribution in [-0.2, 0) is 15.0 Å². The number of halogens is 2. The highest BCUT2D eigenvalue weighted by molar-refractivity contribution is 9.10. The second-order valence-electron chi connectivity index (χ2n) is 4.79. The molecule has 11 heteroatoms. The van der Waals surface area contributed by atoms with Crippen LogP contribution in [0.15, 0.2) is 34.7 Å².